The number of alkyl halides is 3. The molecule has 1 aromatic carbocycles. The van der Waals surface area contributed by atoms with Gasteiger partial charge in [0.1, 0.15) is 24.5 Å². The Morgan fingerprint density at radius 1 is 1.20 bits per heavy atom. The third kappa shape index (κ3) is 4.74. The van der Waals surface area contributed by atoms with E-state index in [-0.39, 0.29) is 28.5 Å². The highest BCUT2D eigenvalue weighted by molar-refractivity contribution is 5.87. The van der Waals surface area contributed by atoms with Gasteiger partial charge in [-0.15, -0.1) is 0 Å². The predicted octanol–water partition coefficient (Wildman–Crippen LogP) is 4.63. The molecule has 3 aromatic rings. The monoisotopic (exact) mass is 487 g/mol. The van der Waals surface area contributed by atoms with Crippen LogP contribution in [0.2, 0.25) is 0 Å². The summed E-state index contributed by atoms with van der Waals surface area (Å²) in [5, 5.41) is 3.82. The average molecular weight is 488 g/mol. The molecule has 1 saturated heterocycles. The van der Waals surface area contributed by atoms with Crippen molar-refractivity contribution in [3.05, 3.63) is 63.2 Å². The number of aryl methyl sites for hydroxylation is 1. The molecule has 1 unspecified atom stereocenters. The van der Waals surface area contributed by atoms with E-state index in [1.807, 2.05) is 0 Å². The zero-order chi connectivity index (χ0) is 25.3. The smallest absolute Gasteiger partial charge is 0.264 e. The first-order valence-corrected chi connectivity index (χ1v) is 11.5. The minimum Gasteiger partial charge on any atom is -0.363 e. The highest BCUT2D eigenvalue weighted by atomic mass is 19.3. The Morgan fingerprint density at radius 3 is 2.51 bits per heavy atom. The van der Waals surface area contributed by atoms with Crippen LogP contribution in [-0.4, -0.2) is 38.4 Å². The first-order chi connectivity index (χ1) is 16.7. The van der Waals surface area contributed by atoms with Crippen molar-refractivity contribution in [2.75, 3.05) is 18.4 Å². The van der Waals surface area contributed by atoms with Crippen LogP contribution < -0.4 is 10.9 Å². The minimum absolute atomic E-state index is 0.0138. The number of benzene rings is 1. The summed E-state index contributed by atoms with van der Waals surface area (Å²) in [5.41, 5.74) is 0.952. The molecule has 4 rings (SSSR count). The van der Waals surface area contributed by atoms with Gasteiger partial charge in [-0.3, -0.25) is 14.2 Å². The van der Waals surface area contributed by atoms with Crippen molar-refractivity contribution >= 4 is 22.8 Å². The molecule has 0 aliphatic carbocycles. The number of carbonyl (C=O) groups excluding carboxylic acids is 1. The van der Waals surface area contributed by atoms with Gasteiger partial charge in [-0.2, -0.15) is 0 Å². The van der Waals surface area contributed by atoms with Crippen LogP contribution in [-0.2, 0) is 18.5 Å². The number of hydrogen-bond donors (Lipinski definition) is 1. The van der Waals surface area contributed by atoms with Gasteiger partial charge in [0.2, 0.25) is 5.91 Å². The number of halogens is 3. The van der Waals surface area contributed by atoms with Crippen molar-refractivity contribution in [2.24, 2.45) is 7.05 Å². The van der Waals surface area contributed by atoms with E-state index in [0.29, 0.717) is 53.9 Å². The minimum atomic E-state index is -2.78. The molecule has 35 heavy (non-hydrogen) atoms. The van der Waals surface area contributed by atoms with Crippen LogP contribution in [0.1, 0.15) is 67.3 Å². The van der Waals surface area contributed by atoms with Gasteiger partial charge in [0, 0.05) is 38.2 Å². The number of fused-ring (bicyclic) bond motifs is 1. The van der Waals surface area contributed by atoms with Crippen LogP contribution in [0, 0.1) is 0 Å². The first kappa shape index (κ1) is 24.7. The van der Waals surface area contributed by atoms with Gasteiger partial charge in [-0.1, -0.05) is 18.2 Å². The molecule has 3 heterocycles. The summed E-state index contributed by atoms with van der Waals surface area (Å²) in [6, 6.07) is 5.59. The van der Waals surface area contributed by atoms with Crippen LogP contribution in [0.25, 0.3) is 11.0 Å². The van der Waals surface area contributed by atoms with Gasteiger partial charge in [-0.05, 0) is 42.9 Å². The molecule has 10 heteroatoms. The van der Waals surface area contributed by atoms with Crippen molar-refractivity contribution in [1.82, 2.24) is 19.4 Å². The van der Waals surface area contributed by atoms with Crippen LogP contribution in [0.3, 0.4) is 0 Å². The van der Waals surface area contributed by atoms with Crippen molar-refractivity contribution in [3.63, 3.8) is 0 Å². The van der Waals surface area contributed by atoms with Gasteiger partial charge in [-0.25, -0.2) is 23.1 Å². The zero-order valence-electron chi connectivity index (χ0n) is 19.9. The third-order valence-corrected chi connectivity index (χ3v) is 6.85. The van der Waals surface area contributed by atoms with Gasteiger partial charge in [0.05, 0.1) is 11.4 Å². The molecule has 0 saturated carbocycles. The fraction of sp³-hybridized carbons (Fsp3) is 0.440. The van der Waals surface area contributed by atoms with E-state index < -0.39 is 19.1 Å². The van der Waals surface area contributed by atoms with Crippen LogP contribution in [0.15, 0.2) is 35.4 Å². The molecule has 1 amide bonds. The van der Waals surface area contributed by atoms with Crippen molar-refractivity contribution in [2.45, 2.75) is 51.7 Å². The highest BCUT2D eigenvalue weighted by Gasteiger charge is 2.26. The highest BCUT2D eigenvalue weighted by Crippen LogP contribution is 2.33. The van der Waals surface area contributed by atoms with E-state index in [9.17, 15) is 22.8 Å². The second-order valence-electron chi connectivity index (χ2n) is 8.92. The van der Waals surface area contributed by atoms with E-state index in [0.717, 1.165) is 0 Å². The second-order valence-corrected chi connectivity index (χ2v) is 8.92. The molecule has 7 nitrogen and oxygen atoms in total. The number of hydrogen-bond acceptors (Lipinski definition) is 5. The fourth-order valence-electron chi connectivity index (χ4n) is 4.88. The predicted molar refractivity (Wildman–Crippen MR) is 127 cm³/mol. The number of aromatic nitrogens is 3. The van der Waals surface area contributed by atoms with Crippen LogP contribution >= 0.6 is 0 Å². The number of rotatable bonds is 6. The lowest BCUT2D eigenvalue weighted by atomic mass is 9.89. The third-order valence-electron chi connectivity index (χ3n) is 6.85. The fourth-order valence-corrected chi connectivity index (χ4v) is 4.88. The topological polar surface area (TPSA) is 80.1 Å². The normalized spacial score (nSPS) is 15.6. The van der Waals surface area contributed by atoms with E-state index >= 15 is 0 Å². The lowest BCUT2D eigenvalue weighted by Gasteiger charge is -2.31. The van der Waals surface area contributed by atoms with Crippen LogP contribution in [0.4, 0.5) is 19.0 Å². The molecule has 2 aromatic heterocycles. The van der Waals surface area contributed by atoms with Gasteiger partial charge in [0.15, 0.2) is 0 Å². The van der Waals surface area contributed by atoms with Gasteiger partial charge >= 0.3 is 0 Å². The summed E-state index contributed by atoms with van der Waals surface area (Å²) in [7, 11) is 1.65. The maximum atomic E-state index is 13.7. The average Bonchev–Trinajstić information content (AvgIpc) is 2.85. The quantitative estimate of drug-likeness (QED) is 0.548. The lowest BCUT2D eigenvalue weighted by Crippen LogP contribution is -2.38. The van der Waals surface area contributed by atoms with E-state index in [2.05, 4.69) is 15.3 Å². The lowest BCUT2D eigenvalue weighted by molar-refractivity contribution is -0.129. The van der Waals surface area contributed by atoms with Crippen molar-refractivity contribution in [1.29, 1.82) is 0 Å². The summed E-state index contributed by atoms with van der Waals surface area (Å²) in [4.78, 5) is 35.2. The Morgan fingerprint density at radius 2 is 1.89 bits per heavy atom. The Balaban J connectivity index is 1.71. The SMILES string of the molecule is CC(=O)N1CCC(c2cc3c(NC(C)c4cccc(C(F)F)c4CF)ncnc3n(C)c2=O)CC1. The number of nitrogens with zero attached hydrogens (tertiary/aromatic N) is 4. The zero-order valence-corrected chi connectivity index (χ0v) is 19.9. The summed E-state index contributed by atoms with van der Waals surface area (Å²) in [6.45, 7) is 3.45. The summed E-state index contributed by atoms with van der Waals surface area (Å²) in [5.74, 6) is 0.431. The summed E-state index contributed by atoms with van der Waals surface area (Å²) >= 11 is 0. The van der Waals surface area contributed by atoms with Crippen LogP contribution in [0.5, 0.6) is 0 Å². The second kappa shape index (κ2) is 10.1. The first-order valence-electron chi connectivity index (χ1n) is 11.5. The number of pyridine rings is 1. The van der Waals surface area contributed by atoms with E-state index in [4.69, 9.17) is 0 Å². The van der Waals surface area contributed by atoms with Crippen molar-refractivity contribution < 1.29 is 18.0 Å². The van der Waals surface area contributed by atoms with E-state index in [1.54, 1.807) is 31.0 Å². The Bertz CT molecular complexity index is 1300. The standard InChI is InChI=1S/C25H28F3N5O2/c1-14(17-5-4-6-18(22(27)28)21(17)12-26)31-23-20-11-19(16-7-9-33(10-8-16)15(2)34)25(35)32(3)24(20)30-13-29-23/h4-6,11,13-14,16,22H,7-10,12H2,1-3H3,(H,29,30,31). The summed E-state index contributed by atoms with van der Waals surface area (Å²) < 4.78 is 42.0. The Labute approximate surface area is 201 Å². The molecule has 0 radical (unpaired) electrons. The molecule has 0 bridgehead atoms. The van der Waals surface area contributed by atoms with E-state index in [1.165, 1.54) is 30.0 Å². The Hall–Kier alpha value is -3.43. The number of carbonyl (C=O) groups is 1. The molecule has 186 valence electrons. The summed E-state index contributed by atoms with van der Waals surface area (Å²) in [6.07, 6.45) is -0.103. The Kier molecular flexibility index (Phi) is 7.09. The number of piperidine rings is 1. The van der Waals surface area contributed by atoms with Gasteiger partial charge in [0.25, 0.3) is 12.0 Å². The molecule has 0 spiro atoms. The van der Waals surface area contributed by atoms with Gasteiger partial charge < -0.3 is 10.2 Å². The molecule has 1 N–H and O–H groups in total. The number of amides is 1. The molecular weight excluding hydrogens is 459 g/mol. The molecule has 1 fully saturated rings. The largest absolute Gasteiger partial charge is 0.363 e. The number of nitrogens with one attached hydrogen (secondary N) is 1. The molecular formula is C25H28F3N5O2. The number of anilines is 1. The van der Waals surface area contributed by atoms with Crippen molar-refractivity contribution in [3.8, 4) is 0 Å². The molecule has 1 aliphatic rings. The maximum Gasteiger partial charge on any atom is 0.264 e. The number of likely N-dealkylation sites (tertiary alicyclic amines) is 1. The molecule has 1 atom stereocenters. The maximum absolute atomic E-state index is 13.7. The molecule has 1 aliphatic heterocycles.